The van der Waals surface area contributed by atoms with E-state index in [9.17, 15) is 0 Å². The summed E-state index contributed by atoms with van der Waals surface area (Å²) in [5.41, 5.74) is 2.69. The van der Waals surface area contributed by atoms with Gasteiger partial charge in [0.25, 0.3) is 0 Å². The Morgan fingerprint density at radius 3 is 0.738 bits per heavy atom. The summed E-state index contributed by atoms with van der Waals surface area (Å²) >= 11 is 0. The van der Waals surface area contributed by atoms with Gasteiger partial charge in [0.05, 0.1) is 11.4 Å². The Bertz CT molecular complexity index is 2640. The molecule has 0 aliphatic rings. The topological polar surface area (TPSA) is 71.9 Å². The minimum absolute atomic E-state index is 0. The van der Waals surface area contributed by atoms with Crippen LogP contribution in [-0.2, 0) is 17.1 Å². The number of nitrogens with zero attached hydrogens (tertiary/aromatic N) is 2. The molecule has 0 unspecified atom stereocenters. The van der Waals surface area contributed by atoms with E-state index in [0.29, 0.717) is 11.1 Å². The standard InChI is InChI=1S/C48H38O2Si2.C10H8N2.Fe/c49-47-43(33-19-35-45(47)51(37-21-7-1-8-22-37,38-23-9-2-10-24-38)39-25-11-3-12-26-39)44-34-20-36-46(48(44)50)52(40-27-13-4-14-28-40,41-29-15-5-16-30-41)42-31-17-6-18-32-42;1-3-7-11-9(5-1)10-6-2-4-8-12-10;/h1-36,49-50H;1-8H;/q;;+2/p-2. The van der Waals surface area contributed by atoms with E-state index in [4.69, 9.17) is 0 Å². The maximum Gasteiger partial charge on any atom is 2.00 e. The molecular formula is C58H44FeN2O2Si2. The van der Waals surface area contributed by atoms with Crippen LogP contribution in [0.4, 0.5) is 0 Å². The SMILES string of the molecule is [Fe+2].[O-]c1c(-c2cccc([Si](c3ccccc3)(c3ccccc3)c3ccccc3)c2[O-])cccc1[Si](c1ccccc1)(c1ccccc1)c1ccccc1.c1ccc(-c2ccccn2)nc1. The van der Waals surface area contributed by atoms with Crippen LogP contribution in [0.15, 0.2) is 267 Å². The molecule has 0 aliphatic carbocycles. The van der Waals surface area contributed by atoms with Crippen molar-refractivity contribution in [2.75, 3.05) is 0 Å². The smallest absolute Gasteiger partial charge is 0.872 e. The normalized spacial score (nSPS) is 11.1. The predicted molar refractivity (Wildman–Crippen MR) is 265 cm³/mol. The van der Waals surface area contributed by atoms with E-state index in [2.05, 4.69) is 156 Å². The molecule has 0 N–H and O–H groups in total. The monoisotopic (exact) mass is 912 g/mol. The zero-order valence-corrected chi connectivity index (χ0v) is 38.6. The van der Waals surface area contributed by atoms with Crippen molar-refractivity contribution in [1.29, 1.82) is 0 Å². The van der Waals surface area contributed by atoms with Gasteiger partial charge in [0.15, 0.2) is 16.1 Å². The molecule has 10 rings (SSSR count). The number of hydrogen-bond acceptors (Lipinski definition) is 4. The maximum atomic E-state index is 15.4. The molecule has 2 aromatic heterocycles. The van der Waals surface area contributed by atoms with Gasteiger partial charge in [0, 0.05) is 12.4 Å². The Labute approximate surface area is 393 Å². The first kappa shape index (κ1) is 44.2. The Balaban J connectivity index is 0.000000383. The molecule has 7 heteroatoms. The molecule has 8 aromatic carbocycles. The fourth-order valence-corrected chi connectivity index (χ4v) is 18.8. The summed E-state index contributed by atoms with van der Waals surface area (Å²) in [6.45, 7) is 0. The minimum atomic E-state index is -3.14. The molecule has 0 radical (unpaired) electrons. The van der Waals surface area contributed by atoms with Crippen LogP contribution in [0.2, 0.25) is 0 Å². The van der Waals surface area contributed by atoms with Crippen LogP contribution in [0.1, 0.15) is 0 Å². The number of pyridine rings is 2. The second-order valence-corrected chi connectivity index (χ2v) is 23.0. The molecule has 0 atom stereocenters. The summed E-state index contributed by atoms with van der Waals surface area (Å²) in [6, 6.07) is 85.7. The largest absolute Gasteiger partial charge is 2.00 e. The van der Waals surface area contributed by atoms with Crippen molar-refractivity contribution < 1.29 is 27.3 Å². The third-order valence-electron chi connectivity index (χ3n) is 12.0. The van der Waals surface area contributed by atoms with Crippen LogP contribution in [0, 0.1) is 0 Å². The molecule has 65 heavy (non-hydrogen) atoms. The first-order valence-electron chi connectivity index (χ1n) is 21.4. The first-order valence-corrected chi connectivity index (χ1v) is 25.4. The second-order valence-electron chi connectivity index (χ2n) is 15.5. The summed E-state index contributed by atoms with van der Waals surface area (Å²) in [5, 5.41) is 38.9. The van der Waals surface area contributed by atoms with Gasteiger partial charge in [-0.3, -0.25) is 9.97 Å². The fourth-order valence-electron chi connectivity index (χ4n) is 9.18. The van der Waals surface area contributed by atoms with Crippen LogP contribution >= 0.6 is 0 Å². The van der Waals surface area contributed by atoms with Crippen molar-refractivity contribution in [3.05, 3.63) is 267 Å². The molecule has 314 valence electrons. The zero-order chi connectivity index (χ0) is 43.6. The van der Waals surface area contributed by atoms with E-state index < -0.39 is 16.1 Å². The van der Waals surface area contributed by atoms with Crippen molar-refractivity contribution in [2.24, 2.45) is 0 Å². The molecule has 10 aromatic rings. The van der Waals surface area contributed by atoms with Crippen LogP contribution in [0.25, 0.3) is 22.5 Å². The third kappa shape index (κ3) is 8.54. The maximum absolute atomic E-state index is 15.4. The number of rotatable bonds is 10. The van der Waals surface area contributed by atoms with Crippen molar-refractivity contribution in [1.82, 2.24) is 9.97 Å². The van der Waals surface area contributed by atoms with Gasteiger partial charge in [0.2, 0.25) is 0 Å². The molecule has 0 aliphatic heterocycles. The van der Waals surface area contributed by atoms with Crippen molar-refractivity contribution in [3.8, 4) is 34.0 Å². The summed E-state index contributed by atoms with van der Waals surface area (Å²) in [5.74, 6) is -0.210. The van der Waals surface area contributed by atoms with E-state index in [1.807, 2.05) is 109 Å². The number of para-hydroxylation sites is 2. The van der Waals surface area contributed by atoms with E-state index >= 15 is 10.2 Å². The summed E-state index contributed by atoms with van der Waals surface area (Å²) in [7, 11) is -6.28. The van der Waals surface area contributed by atoms with Crippen LogP contribution in [0.5, 0.6) is 11.5 Å². The van der Waals surface area contributed by atoms with Crippen molar-refractivity contribution in [3.63, 3.8) is 0 Å². The fraction of sp³-hybridized carbons (Fsp3) is 0. The summed E-state index contributed by atoms with van der Waals surface area (Å²) in [4.78, 5) is 8.37. The van der Waals surface area contributed by atoms with Crippen LogP contribution in [-0.4, -0.2) is 26.1 Å². The quantitative estimate of drug-likeness (QED) is 0.118. The van der Waals surface area contributed by atoms with Gasteiger partial charge in [-0.25, -0.2) is 0 Å². The molecular weight excluding hydrogens is 869 g/mol. The molecule has 0 saturated heterocycles. The predicted octanol–water partition coefficient (Wildman–Crippen LogP) is 6.40. The number of aromatic nitrogens is 2. The minimum Gasteiger partial charge on any atom is -0.872 e. The molecule has 0 spiro atoms. The average molecular weight is 913 g/mol. The van der Waals surface area contributed by atoms with Crippen LogP contribution in [0.3, 0.4) is 0 Å². The first-order chi connectivity index (χ1) is 31.6. The van der Waals surface area contributed by atoms with Gasteiger partial charge in [0.1, 0.15) is 0 Å². The Kier molecular flexibility index (Phi) is 13.9. The molecule has 0 saturated carbocycles. The van der Waals surface area contributed by atoms with E-state index in [0.717, 1.165) is 52.9 Å². The molecule has 2 heterocycles. The average Bonchev–Trinajstić information content (AvgIpc) is 3.38. The van der Waals surface area contributed by atoms with Gasteiger partial charge in [-0.2, -0.15) is 0 Å². The molecule has 4 nitrogen and oxygen atoms in total. The number of hydrogen-bond donors (Lipinski definition) is 0. The van der Waals surface area contributed by atoms with Crippen molar-refractivity contribution >= 4 is 57.6 Å². The Morgan fingerprint density at radius 2 is 0.508 bits per heavy atom. The third-order valence-corrected chi connectivity index (χ3v) is 21.6. The Morgan fingerprint density at radius 1 is 0.262 bits per heavy atom. The molecule has 0 amide bonds. The van der Waals surface area contributed by atoms with E-state index in [-0.39, 0.29) is 28.6 Å². The summed E-state index contributed by atoms with van der Waals surface area (Å²) in [6.07, 6.45) is 3.54. The van der Waals surface area contributed by atoms with Crippen LogP contribution < -0.4 is 51.7 Å². The number of benzene rings is 8. The van der Waals surface area contributed by atoms with Crippen molar-refractivity contribution in [2.45, 2.75) is 0 Å². The second kappa shape index (κ2) is 20.4. The van der Waals surface area contributed by atoms with Gasteiger partial charge >= 0.3 is 17.1 Å². The van der Waals surface area contributed by atoms with E-state index in [1.54, 1.807) is 12.4 Å². The summed E-state index contributed by atoms with van der Waals surface area (Å²) < 4.78 is 0. The molecule has 0 fully saturated rings. The van der Waals surface area contributed by atoms with E-state index in [1.165, 1.54) is 0 Å². The van der Waals surface area contributed by atoms with Gasteiger partial charge in [-0.15, -0.1) is 11.5 Å². The van der Waals surface area contributed by atoms with Gasteiger partial charge in [-0.1, -0.05) is 241 Å². The van der Waals surface area contributed by atoms with Gasteiger partial charge in [-0.05, 0) is 66.5 Å². The zero-order valence-electron chi connectivity index (χ0n) is 35.5. The van der Waals surface area contributed by atoms with Gasteiger partial charge < -0.3 is 10.2 Å². The molecule has 0 bridgehead atoms. The Hall–Kier alpha value is -7.39.